The van der Waals surface area contributed by atoms with E-state index in [1.165, 1.54) is 0 Å². The monoisotopic (exact) mass is 407 g/mol. The molecule has 0 aromatic heterocycles. The van der Waals surface area contributed by atoms with Gasteiger partial charge in [-0.05, 0) is 31.9 Å². The van der Waals surface area contributed by atoms with Crippen molar-refractivity contribution >= 4 is 11.6 Å². The molecule has 1 aliphatic rings. The van der Waals surface area contributed by atoms with Crippen LogP contribution in [0.3, 0.4) is 0 Å². The van der Waals surface area contributed by atoms with Crippen LogP contribution >= 0.6 is 0 Å². The lowest BCUT2D eigenvalue weighted by molar-refractivity contribution is 0.101. The van der Waals surface area contributed by atoms with Crippen LogP contribution in [0.1, 0.15) is 51.6 Å². The summed E-state index contributed by atoms with van der Waals surface area (Å²) in [7, 11) is 0. The molecule has 1 N–H and O–H groups in total. The zero-order chi connectivity index (χ0) is 22.0. The average molecular weight is 408 g/mol. The summed E-state index contributed by atoms with van der Waals surface area (Å²) < 4.78 is 0. The number of dihydropyridines is 1. The van der Waals surface area contributed by atoms with Gasteiger partial charge in [-0.3, -0.25) is 9.59 Å². The van der Waals surface area contributed by atoms with E-state index in [4.69, 9.17) is 0 Å². The third-order valence-corrected chi connectivity index (χ3v) is 5.82. The second-order valence-electron chi connectivity index (χ2n) is 7.88. The molecule has 0 fully saturated rings. The summed E-state index contributed by atoms with van der Waals surface area (Å²) in [5, 5.41) is 3.32. The number of aryl methyl sites for hydroxylation is 1. The third-order valence-electron chi connectivity index (χ3n) is 5.82. The standard InChI is InChI=1S/C28H25NO2/c1-18-12-10-11-17-23(18)26-24(27(30)21-13-6-4-7-14-21)19(2)29-20(3)25(26)28(31)22-15-8-5-9-16-22/h4-17,26,29H,1-3H3. The number of ketones is 2. The Morgan fingerprint density at radius 3 is 1.48 bits per heavy atom. The van der Waals surface area contributed by atoms with Crippen molar-refractivity contribution in [3.05, 3.63) is 130 Å². The molecule has 3 nitrogen and oxygen atoms in total. The number of carbonyl (C=O) groups excluding carboxylic acids is 2. The molecular formula is C28H25NO2. The van der Waals surface area contributed by atoms with Crippen molar-refractivity contribution < 1.29 is 9.59 Å². The summed E-state index contributed by atoms with van der Waals surface area (Å²) in [5.41, 5.74) is 6.05. The number of nitrogens with one attached hydrogen (secondary N) is 1. The molecule has 1 aliphatic heterocycles. The Labute approximate surface area is 183 Å². The summed E-state index contributed by atoms with van der Waals surface area (Å²) in [6, 6.07) is 26.5. The normalized spacial score (nSPS) is 14.4. The zero-order valence-corrected chi connectivity index (χ0v) is 18.0. The van der Waals surface area contributed by atoms with Gasteiger partial charge in [0.05, 0.1) is 0 Å². The maximum atomic E-state index is 13.7. The highest BCUT2D eigenvalue weighted by Crippen LogP contribution is 2.42. The van der Waals surface area contributed by atoms with Gasteiger partial charge in [0, 0.05) is 39.6 Å². The van der Waals surface area contributed by atoms with Gasteiger partial charge in [-0.2, -0.15) is 0 Å². The van der Waals surface area contributed by atoms with Crippen LogP contribution in [0.5, 0.6) is 0 Å². The Bertz CT molecular complexity index is 1130. The van der Waals surface area contributed by atoms with Gasteiger partial charge < -0.3 is 5.32 Å². The topological polar surface area (TPSA) is 46.2 Å². The maximum Gasteiger partial charge on any atom is 0.191 e. The van der Waals surface area contributed by atoms with Crippen molar-refractivity contribution in [3.8, 4) is 0 Å². The Kier molecular flexibility index (Phi) is 5.68. The first-order chi connectivity index (χ1) is 15.0. The second kappa shape index (κ2) is 8.57. The predicted molar refractivity (Wildman–Crippen MR) is 124 cm³/mol. The fraction of sp³-hybridized carbons (Fsp3) is 0.143. The molecule has 4 rings (SSSR count). The summed E-state index contributed by atoms with van der Waals surface area (Å²) in [6.07, 6.45) is 0. The molecule has 0 aliphatic carbocycles. The molecule has 0 bridgehead atoms. The minimum absolute atomic E-state index is 0.0651. The highest BCUT2D eigenvalue weighted by Gasteiger charge is 2.37. The quantitative estimate of drug-likeness (QED) is 0.528. The van der Waals surface area contributed by atoms with Crippen LogP contribution in [0, 0.1) is 6.92 Å². The van der Waals surface area contributed by atoms with Crippen molar-refractivity contribution in [2.24, 2.45) is 0 Å². The summed E-state index contributed by atoms with van der Waals surface area (Å²) >= 11 is 0. The van der Waals surface area contributed by atoms with E-state index in [0.717, 1.165) is 22.5 Å². The lowest BCUT2D eigenvalue weighted by Crippen LogP contribution is -2.31. The molecule has 0 saturated carbocycles. The third kappa shape index (κ3) is 3.87. The smallest absolute Gasteiger partial charge is 0.191 e. The molecule has 0 saturated heterocycles. The van der Waals surface area contributed by atoms with Crippen molar-refractivity contribution in [1.29, 1.82) is 0 Å². The number of rotatable bonds is 5. The van der Waals surface area contributed by atoms with Crippen molar-refractivity contribution in [2.75, 3.05) is 0 Å². The van der Waals surface area contributed by atoms with Gasteiger partial charge in [0.1, 0.15) is 0 Å². The van der Waals surface area contributed by atoms with E-state index in [-0.39, 0.29) is 11.6 Å². The van der Waals surface area contributed by atoms with E-state index in [1.54, 1.807) is 0 Å². The van der Waals surface area contributed by atoms with Crippen LogP contribution in [-0.4, -0.2) is 11.6 Å². The molecule has 3 aromatic rings. The van der Waals surface area contributed by atoms with Gasteiger partial charge in [0.15, 0.2) is 11.6 Å². The molecular weight excluding hydrogens is 382 g/mol. The van der Waals surface area contributed by atoms with Gasteiger partial charge in [-0.1, -0.05) is 84.9 Å². The first kappa shape index (κ1) is 20.5. The van der Waals surface area contributed by atoms with Crippen LogP contribution in [0.4, 0.5) is 0 Å². The Morgan fingerprint density at radius 1 is 0.613 bits per heavy atom. The van der Waals surface area contributed by atoms with Gasteiger partial charge in [0.25, 0.3) is 0 Å². The molecule has 3 aromatic carbocycles. The summed E-state index contributed by atoms with van der Waals surface area (Å²) in [5.74, 6) is -0.572. The highest BCUT2D eigenvalue weighted by atomic mass is 16.1. The number of allylic oxidation sites excluding steroid dienone is 4. The second-order valence-corrected chi connectivity index (χ2v) is 7.88. The van der Waals surface area contributed by atoms with E-state index in [2.05, 4.69) is 5.32 Å². The number of hydrogen-bond acceptors (Lipinski definition) is 3. The van der Waals surface area contributed by atoms with Crippen molar-refractivity contribution in [2.45, 2.75) is 26.7 Å². The van der Waals surface area contributed by atoms with E-state index in [9.17, 15) is 9.59 Å². The molecule has 3 heteroatoms. The van der Waals surface area contributed by atoms with E-state index in [0.29, 0.717) is 22.3 Å². The van der Waals surface area contributed by atoms with Crippen LogP contribution in [0.15, 0.2) is 107 Å². The largest absolute Gasteiger partial charge is 0.362 e. The van der Waals surface area contributed by atoms with E-state index in [1.807, 2.05) is 106 Å². The van der Waals surface area contributed by atoms with Crippen LogP contribution < -0.4 is 5.32 Å². The van der Waals surface area contributed by atoms with Crippen molar-refractivity contribution in [3.63, 3.8) is 0 Å². The zero-order valence-electron chi connectivity index (χ0n) is 18.0. The Balaban J connectivity index is 1.92. The first-order valence-corrected chi connectivity index (χ1v) is 10.4. The van der Waals surface area contributed by atoms with Gasteiger partial charge >= 0.3 is 0 Å². The predicted octanol–water partition coefficient (Wildman–Crippen LogP) is 6.00. The SMILES string of the molecule is CC1=C(C(=O)c2ccccc2)C(c2ccccc2C)C(C(=O)c2ccccc2)=C(C)N1. The van der Waals surface area contributed by atoms with Gasteiger partial charge in [-0.15, -0.1) is 0 Å². The molecule has 0 amide bonds. The minimum Gasteiger partial charge on any atom is -0.362 e. The lowest BCUT2D eigenvalue weighted by atomic mass is 9.74. The number of benzene rings is 3. The molecule has 1 heterocycles. The fourth-order valence-corrected chi connectivity index (χ4v) is 4.31. The minimum atomic E-state index is -0.442. The molecule has 0 radical (unpaired) electrons. The van der Waals surface area contributed by atoms with Crippen LogP contribution in [0.25, 0.3) is 0 Å². The Hall–Kier alpha value is -3.72. The Morgan fingerprint density at radius 2 is 1.03 bits per heavy atom. The maximum absolute atomic E-state index is 13.7. The number of carbonyl (C=O) groups is 2. The number of Topliss-reactive ketones (excluding diaryl/α,β-unsaturated/α-hetero) is 2. The lowest BCUT2D eigenvalue weighted by Gasteiger charge is -2.32. The van der Waals surface area contributed by atoms with E-state index < -0.39 is 5.92 Å². The van der Waals surface area contributed by atoms with E-state index >= 15 is 0 Å². The van der Waals surface area contributed by atoms with Gasteiger partial charge in [0.2, 0.25) is 0 Å². The average Bonchev–Trinajstić information content (AvgIpc) is 2.79. The molecule has 0 atom stereocenters. The summed E-state index contributed by atoms with van der Waals surface area (Å²) in [6.45, 7) is 5.85. The highest BCUT2D eigenvalue weighted by molar-refractivity contribution is 6.16. The summed E-state index contributed by atoms with van der Waals surface area (Å²) in [4.78, 5) is 27.4. The van der Waals surface area contributed by atoms with Crippen LogP contribution in [-0.2, 0) is 0 Å². The number of hydrogen-bond donors (Lipinski definition) is 1. The molecule has 154 valence electrons. The molecule has 0 spiro atoms. The fourth-order valence-electron chi connectivity index (χ4n) is 4.31. The molecule has 31 heavy (non-hydrogen) atoms. The first-order valence-electron chi connectivity index (χ1n) is 10.4. The van der Waals surface area contributed by atoms with Gasteiger partial charge in [-0.25, -0.2) is 0 Å². The molecule has 0 unspecified atom stereocenters. The van der Waals surface area contributed by atoms with Crippen LogP contribution in [0.2, 0.25) is 0 Å². The van der Waals surface area contributed by atoms with Crippen molar-refractivity contribution in [1.82, 2.24) is 5.32 Å².